The Morgan fingerprint density at radius 1 is 0.951 bits per heavy atom. The lowest BCUT2D eigenvalue weighted by Gasteiger charge is -2.30. The number of tetrazole rings is 1. The van der Waals surface area contributed by atoms with Crippen molar-refractivity contribution in [3.63, 3.8) is 0 Å². The number of hydrogen-bond acceptors (Lipinski definition) is 6. The minimum atomic E-state index is -1.18. The van der Waals surface area contributed by atoms with Crippen molar-refractivity contribution in [3.05, 3.63) is 125 Å². The summed E-state index contributed by atoms with van der Waals surface area (Å²) in [6, 6.07) is 25.3. The molecule has 1 atom stereocenters. The second kappa shape index (κ2) is 12.4. The van der Waals surface area contributed by atoms with Crippen molar-refractivity contribution >= 4 is 11.8 Å². The maximum Gasteiger partial charge on any atom is 0.251 e. The van der Waals surface area contributed by atoms with Crippen molar-refractivity contribution in [2.75, 3.05) is 0 Å². The molecule has 0 unspecified atom stereocenters. The molecule has 0 aliphatic rings. The fourth-order valence-electron chi connectivity index (χ4n) is 4.38. The fourth-order valence-corrected chi connectivity index (χ4v) is 4.38. The van der Waals surface area contributed by atoms with Crippen molar-refractivity contribution in [1.82, 2.24) is 30.4 Å². The molecule has 41 heavy (non-hydrogen) atoms. The van der Waals surface area contributed by atoms with E-state index in [4.69, 9.17) is 4.42 Å². The van der Waals surface area contributed by atoms with Gasteiger partial charge in [-0.1, -0.05) is 78.4 Å². The molecule has 0 aliphatic carbocycles. The van der Waals surface area contributed by atoms with Gasteiger partial charge < -0.3 is 14.6 Å². The smallest absolute Gasteiger partial charge is 0.251 e. The topological polar surface area (TPSA) is 106 Å². The molecular weight excluding hydrogens is 523 g/mol. The number of nitrogens with zero attached hydrogens (tertiary/aromatic N) is 5. The quantitative estimate of drug-likeness (QED) is 0.267. The monoisotopic (exact) mass is 552 g/mol. The van der Waals surface area contributed by atoms with Crippen LogP contribution in [0.4, 0.5) is 4.39 Å². The SMILES string of the molecule is Cc1ccc(-c2nnn(CC(=O)N(Cc3ccccc3F)[C@H](C(=O)NCc3ccccc3)c3ccc(C)o3)n2)cc1. The number of aryl methyl sites for hydroxylation is 2. The highest BCUT2D eigenvalue weighted by molar-refractivity contribution is 5.88. The van der Waals surface area contributed by atoms with Gasteiger partial charge in [0.25, 0.3) is 5.91 Å². The number of carbonyl (C=O) groups is 2. The predicted octanol–water partition coefficient (Wildman–Crippen LogP) is 4.78. The van der Waals surface area contributed by atoms with E-state index in [0.29, 0.717) is 11.6 Å². The zero-order chi connectivity index (χ0) is 28.8. The highest BCUT2D eigenvalue weighted by atomic mass is 19.1. The molecule has 9 nitrogen and oxygen atoms in total. The van der Waals surface area contributed by atoms with Crippen LogP contribution in [0.3, 0.4) is 0 Å². The van der Waals surface area contributed by atoms with Crippen LogP contribution >= 0.6 is 0 Å². The molecular formula is C31H29FN6O3. The third-order valence-corrected chi connectivity index (χ3v) is 6.56. The Bertz CT molecular complexity index is 1630. The predicted molar refractivity (Wildman–Crippen MR) is 149 cm³/mol. The summed E-state index contributed by atoms with van der Waals surface area (Å²) in [5.74, 6) is -0.304. The van der Waals surface area contributed by atoms with Crippen molar-refractivity contribution in [1.29, 1.82) is 0 Å². The number of amides is 2. The number of benzene rings is 3. The molecule has 5 aromatic rings. The molecule has 0 fully saturated rings. The van der Waals surface area contributed by atoms with Gasteiger partial charge in [-0.2, -0.15) is 4.80 Å². The number of aromatic nitrogens is 4. The molecule has 1 N–H and O–H groups in total. The number of hydrogen-bond donors (Lipinski definition) is 1. The van der Waals surface area contributed by atoms with E-state index in [9.17, 15) is 14.0 Å². The first-order chi connectivity index (χ1) is 19.9. The van der Waals surface area contributed by atoms with Gasteiger partial charge >= 0.3 is 0 Å². The Balaban J connectivity index is 1.46. The molecule has 208 valence electrons. The molecule has 2 heterocycles. The van der Waals surface area contributed by atoms with Crippen LogP contribution < -0.4 is 5.32 Å². The maximum absolute atomic E-state index is 14.8. The van der Waals surface area contributed by atoms with Gasteiger partial charge in [-0.15, -0.1) is 10.2 Å². The van der Waals surface area contributed by atoms with Gasteiger partial charge in [-0.3, -0.25) is 9.59 Å². The standard InChI is InChI=1S/C31H29FN6O3/c1-21-12-15-24(16-13-21)30-34-36-38(35-30)20-28(39)37(19-25-10-6-7-11-26(25)32)29(27-17-14-22(2)41-27)31(40)33-18-23-8-4-3-5-9-23/h3-17,29H,18-20H2,1-2H3,(H,33,40)/t29-/m0/s1. The third-order valence-electron chi connectivity index (χ3n) is 6.56. The van der Waals surface area contributed by atoms with Gasteiger partial charge in [0.2, 0.25) is 11.7 Å². The number of furan rings is 1. The van der Waals surface area contributed by atoms with Gasteiger partial charge in [-0.25, -0.2) is 4.39 Å². The Labute approximate surface area is 236 Å². The molecule has 5 rings (SSSR count). The first-order valence-electron chi connectivity index (χ1n) is 13.1. The summed E-state index contributed by atoms with van der Waals surface area (Å²) in [6.45, 7) is 3.45. The van der Waals surface area contributed by atoms with E-state index >= 15 is 0 Å². The minimum absolute atomic E-state index is 0.186. The van der Waals surface area contributed by atoms with Crippen molar-refractivity contribution in [2.24, 2.45) is 0 Å². The second-order valence-corrected chi connectivity index (χ2v) is 9.68. The first kappa shape index (κ1) is 27.4. The number of nitrogens with one attached hydrogen (secondary N) is 1. The third kappa shape index (κ3) is 6.73. The van der Waals surface area contributed by atoms with Crippen LogP contribution in [-0.4, -0.2) is 36.9 Å². The van der Waals surface area contributed by atoms with Crippen molar-refractivity contribution in [3.8, 4) is 11.4 Å². The highest BCUT2D eigenvalue weighted by Gasteiger charge is 2.35. The van der Waals surface area contributed by atoms with E-state index < -0.39 is 23.7 Å². The lowest BCUT2D eigenvalue weighted by atomic mass is 10.1. The largest absolute Gasteiger partial charge is 0.464 e. The van der Waals surface area contributed by atoms with Crippen molar-refractivity contribution in [2.45, 2.75) is 39.5 Å². The van der Waals surface area contributed by atoms with Gasteiger partial charge in [0.1, 0.15) is 23.9 Å². The van der Waals surface area contributed by atoms with Crippen LogP contribution in [0, 0.1) is 19.7 Å². The summed E-state index contributed by atoms with van der Waals surface area (Å²) in [6.07, 6.45) is 0. The minimum Gasteiger partial charge on any atom is -0.464 e. The molecule has 2 amide bonds. The normalized spacial score (nSPS) is 11.7. The summed E-state index contributed by atoms with van der Waals surface area (Å²) in [7, 11) is 0. The highest BCUT2D eigenvalue weighted by Crippen LogP contribution is 2.27. The number of rotatable bonds is 10. The summed E-state index contributed by atoms with van der Waals surface area (Å²) in [5.41, 5.74) is 2.97. The lowest BCUT2D eigenvalue weighted by Crippen LogP contribution is -2.44. The Kier molecular flexibility index (Phi) is 8.28. The Morgan fingerprint density at radius 2 is 1.68 bits per heavy atom. The summed E-state index contributed by atoms with van der Waals surface area (Å²) < 4.78 is 20.6. The molecule has 10 heteroatoms. The van der Waals surface area contributed by atoms with E-state index in [0.717, 1.165) is 21.5 Å². The average molecular weight is 553 g/mol. The van der Waals surface area contributed by atoms with Crippen LogP contribution in [0.5, 0.6) is 0 Å². The van der Waals surface area contributed by atoms with E-state index in [-0.39, 0.29) is 31.0 Å². The summed E-state index contributed by atoms with van der Waals surface area (Å²) in [4.78, 5) is 30.0. The first-order valence-corrected chi connectivity index (χ1v) is 13.1. The van der Waals surface area contributed by atoms with Gasteiger partial charge in [-0.05, 0) is 42.8 Å². The second-order valence-electron chi connectivity index (χ2n) is 9.68. The Morgan fingerprint density at radius 3 is 2.39 bits per heavy atom. The molecule has 0 radical (unpaired) electrons. The summed E-state index contributed by atoms with van der Waals surface area (Å²) >= 11 is 0. The maximum atomic E-state index is 14.8. The number of carbonyl (C=O) groups excluding carboxylic acids is 2. The number of halogens is 1. The molecule has 2 aromatic heterocycles. The van der Waals surface area contributed by atoms with Gasteiger partial charge in [0.15, 0.2) is 6.04 Å². The Hall–Kier alpha value is -5.12. The molecule has 3 aromatic carbocycles. The van der Waals surface area contributed by atoms with E-state index in [1.807, 2.05) is 61.5 Å². The molecule has 0 aliphatic heterocycles. The molecule has 0 saturated carbocycles. The van der Waals surface area contributed by atoms with E-state index in [1.165, 1.54) is 11.0 Å². The van der Waals surface area contributed by atoms with Crippen molar-refractivity contribution < 1.29 is 18.4 Å². The van der Waals surface area contributed by atoms with Crippen LogP contribution in [0.15, 0.2) is 95.4 Å². The van der Waals surface area contributed by atoms with Crippen LogP contribution in [0.1, 0.15) is 34.3 Å². The lowest BCUT2D eigenvalue weighted by molar-refractivity contribution is -0.143. The molecule has 0 saturated heterocycles. The summed E-state index contributed by atoms with van der Waals surface area (Å²) in [5, 5.41) is 15.4. The van der Waals surface area contributed by atoms with Gasteiger partial charge in [0.05, 0.1) is 0 Å². The van der Waals surface area contributed by atoms with Crippen LogP contribution in [0.2, 0.25) is 0 Å². The van der Waals surface area contributed by atoms with E-state index in [2.05, 4.69) is 20.7 Å². The van der Waals surface area contributed by atoms with Crippen LogP contribution in [0.25, 0.3) is 11.4 Å². The molecule has 0 bridgehead atoms. The zero-order valence-corrected chi connectivity index (χ0v) is 22.7. The average Bonchev–Trinajstić information content (AvgIpc) is 3.62. The van der Waals surface area contributed by atoms with Gasteiger partial charge in [0, 0.05) is 24.2 Å². The molecule has 0 spiro atoms. The van der Waals surface area contributed by atoms with Crippen LogP contribution in [-0.2, 0) is 29.2 Å². The zero-order valence-electron chi connectivity index (χ0n) is 22.7. The fraction of sp³-hybridized carbons (Fsp3) is 0.194. The van der Waals surface area contributed by atoms with E-state index in [1.54, 1.807) is 37.3 Å².